The molecular weight excluding hydrogens is 408 g/mol. The molecule has 1 unspecified atom stereocenters. The van der Waals surface area contributed by atoms with Crippen molar-refractivity contribution in [2.24, 2.45) is 5.92 Å². The number of nitrogens with zero attached hydrogens (tertiary/aromatic N) is 2. The minimum absolute atomic E-state index is 0.0870. The predicted octanol–water partition coefficient (Wildman–Crippen LogP) is 4.15. The van der Waals surface area contributed by atoms with Gasteiger partial charge in [-0.3, -0.25) is 14.7 Å². The molecule has 3 aromatic rings. The standard InChI is InChI=1S/C25H28N2O5/c1-30-21-13-20(14-22(31-2)24(21)32-3)23(27-10-7-16(8-11-27)25(28)29)18-4-5-19-15-26-9-6-17(19)12-18/h4-6,9,12-16,23H,7-8,10-11H2,1-3H3,(H,28,29). The Bertz CT molecular complexity index is 1080. The number of pyridine rings is 1. The van der Waals surface area contributed by atoms with Crippen molar-refractivity contribution in [3.05, 3.63) is 59.9 Å². The molecule has 7 nitrogen and oxygen atoms in total. The van der Waals surface area contributed by atoms with E-state index in [1.807, 2.05) is 24.4 Å². The molecule has 0 bridgehead atoms. The van der Waals surface area contributed by atoms with E-state index in [0.29, 0.717) is 43.2 Å². The van der Waals surface area contributed by atoms with Gasteiger partial charge in [-0.25, -0.2) is 0 Å². The van der Waals surface area contributed by atoms with Crippen LogP contribution in [0.3, 0.4) is 0 Å². The van der Waals surface area contributed by atoms with Gasteiger partial charge in [-0.1, -0.05) is 12.1 Å². The summed E-state index contributed by atoms with van der Waals surface area (Å²) >= 11 is 0. The van der Waals surface area contributed by atoms with Crippen LogP contribution >= 0.6 is 0 Å². The van der Waals surface area contributed by atoms with E-state index in [1.54, 1.807) is 27.5 Å². The molecule has 0 amide bonds. The SMILES string of the molecule is COc1cc(C(c2ccc3cnccc3c2)N2CCC(C(=O)O)CC2)cc(OC)c1OC. The fourth-order valence-electron chi connectivity index (χ4n) is 4.55. The summed E-state index contributed by atoms with van der Waals surface area (Å²) in [7, 11) is 4.81. The largest absolute Gasteiger partial charge is 0.493 e. The first kappa shape index (κ1) is 21.9. The first-order chi connectivity index (χ1) is 15.5. The number of methoxy groups -OCH3 is 3. The van der Waals surface area contributed by atoms with Crippen LogP contribution in [0.4, 0.5) is 0 Å². The lowest BCUT2D eigenvalue weighted by Gasteiger charge is -2.37. The molecule has 1 aliphatic heterocycles. The molecular formula is C25H28N2O5. The Morgan fingerprint density at radius 3 is 2.25 bits per heavy atom. The van der Waals surface area contributed by atoms with Crippen LogP contribution < -0.4 is 14.2 Å². The second-order valence-corrected chi connectivity index (χ2v) is 7.99. The fourth-order valence-corrected chi connectivity index (χ4v) is 4.55. The van der Waals surface area contributed by atoms with E-state index in [9.17, 15) is 9.90 Å². The number of aromatic nitrogens is 1. The summed E-state index contributed by atoms with van der Waals surface area (Å²) < 4.78 is 16.7. The van der Waals surface area contributed by atoms with Crippen LogP contribution in [0.5, 0.6) is 17.2 Å². The number of hydrogen-bond acceptors (Lipinski definition) is 6. The molecule has 168 valence electrons. The number of carboxylic acids is 1. The van der Waals surface area contributed by atoms with E-state index in [-0.39, 0.29) is 12.0 Å². The number of hydrogen-bond donors (Lipinski definition) is 1. The lowest BCUT2D eigenvalue weighted by atomic mass is 9.90. The Labute approximate surface area is 187 Å². The van der Waals surface area contributed by atoms with Crippen LogP contribution in [0, 0.1) is 5.92 Å². The number of carboxylic acid groups (broad SMARTS) is 1. The van der Waals surface area contributed by atoms with Crippen LogP contribution in [-0.4, -0.2) is 55.4 Å². The minimum Gasteiger partial charge on any atom is -0.493 e. The van der Waals surface area contributed by atoms with E-state index in [1.165, 1.54) is 0 Å². The summed E-state index contributed by atoms with van der Waals surface area (Å²) in [5, 5.41) is 11.6. The summed E-state index contributed by atoms with van der Waals surface area (Å²) in [5.41, 5.74) is 2.12. The monoisotopic (exact) mass is 436 g/mol. The summed E-state index contributed by atoms with van der Waals surface area (Å²) in [4.78, 5) is 18.0. The molecule has 0 radical (unpaired) electrons. The predicted molar refractivity (Wildman–Crippen MR) is 122 cm³/mol. The maximum atomic E-state index is 11.5. The molecule has 1 atom stereocenters. The van der Waals surface area contributed by atoms with Crippen molar-refractivity contribution in [1.82, 2.24) is 9.88 Å². The van der Waals surface area contributed by atoms with E-state index in [4.69, 9.17) is 14.2 Å². The van der Waals surface area contributed by atoms with Crippen LogP contribution in [0.2, 0.25) is 0 Å². The summed E-state index contributed by atoms with van der Waals surface area (Å²) in [6, 6.07) is 12.2. The molecule has 2 heterocycles. The second kappa shape index (κ2) is 9.44. The van der Waals surface area contributed by atoms with Crippen molar-refractivity contribution in [3.8, 4) is 17.2 Å². The molecule has 7 heteroatoms. The highest BCUT2D eigenvalue weighted by molar-refractivity contribution is 5.82. The molecule has 1 aliphatic rings. The molecule has 1 saturated heterocycles. The first-order valence-corrected chi connectivity index (χ1v) is 10.7. The highest BCUT2D eigenvalue weighted by Crippen LogP contribution is 2.43. The Kier molecular flexibility index (Phi) is 6.46. The smallest absolute Gasteiger partial charge is 0.306 e. The quantitative estimate of drug-likeness (QED) is 0.596. The molecule has 4 rings (SSSR count). The summed E-state index contributed by atoms with van der Waals surface area (Å²) in [6.45, 7) is 1.37. The summed E-state index contributed by atoms with van der Waals surface area (Å²) in [6.07, 6.45) is 4.88. The van der Waals surface area contributed by atoms with Crippen LogP contribution in [0.1, 0.15) is 30.0 Å². The van der Waals surface area contributed by atoms with Crippen molar-refractivity contribution in [2.45, 2.75) is 18.9 Å². The maximum absolute atomic E-state index is 11.5. The minimum atomic E-state index is -0.716. The van der Waals surface area contributed by atoms with Gasteiger partial charge in [0.2, 0.25) is 5.75 Å². The van der Waals surface area contributed by atoms with Gasteiger partial charge in [0.15, 0.2) is 11.5 Å². The van der Waals surface area contributed by atoms with Crippen molar-refractivity contribution in [1.29, 1.82) is 0 Å². The molecule has 0 saturated carbocycles. The van der Waals surface area contributed by atoms with Gasteiger partial charge in [-0.15, -0.1) is 0 Å². The van der Waals surface area contributed by atoms with Gasteiger partial charge in [0.05, 0.1) is 33.3 Å². The van der Waals surface area contributed by atoms with Gasteiger partial charge in [0.1, 0.15) is 0 Å². The normalized spacial score (nSPS) is 16.0. The zero-order valence-electron chi connectivity index (χ0n) is 18.6. The van der Waals surface area contributed by atoms with Crippen molar-refractivity contribution >= 4 is 16.7 Å². The van der Waals surface area contributed by atoms with Crippen LogP contribution in [0.15, 0.2) is 48.8 Å². The van der Waals surface area contributed by atoms with E-state index >= 15 is 0 Å². The van der Waals surface area contributed by atoms with Gasteiger partial charge in [-0.05, 0) is 66.7 Å². The summed E-state index contributed by atoms with van der Waals surface area (Å²) in [5.74, 6) is 0.725. The van der Waals surface area contributed by atoms with E-state index in [2.05, 4.69) is 28.1 Å². The molecule has 0 spiro atoms. The number of ether oxygens (including phenoxy) is 3. The number of piperidine rings is 1. The van der Waals surface area contributed by atoms with E-state index in [0.717, 1.165) is 21.9 Å². The third-order valence-electron chi connectivity index (χ3n) is 6.23. The number of rotatable bonds is 7. The highest BCUT2D eigenvalue weighted by atomic mass is 16.5. The van der Waals surface area contributed by atoms with Crippen molar-refractivity contribution < 1.29 is 24.1 Å². The zero-order valence-corrected chi connectivity index (χ0v) is 18.6. The van der Waals surface area contributed by atoms with Crippen molar-refractivity contribution in [3.63, 3.8) is 0 Å². The number of fused-ring (bicyclic) bond motifs is 1. The second-order valence-electron chi connectivity index (χ2n) is 7.99. The average molecular weight is 437 g/mol. The molecule has 1 aromatic heterocycles. The Morgan fingerprint density at radius 1 is 0.969 bits per heavy atom. The Hall–Kier alpha value is -3.32. The average Bonchev–Trinajstić information content (AvgIpc) is 2.83. The molecule has 1 fully saturated rings. The van der Waals surface area contributed by atoms with Gasteiger partial charge in [-0.2, -0.15) is 0 Å². The molecule has 2 aromatic carbocycles. The lowest BCUT2D eigenvalue weighted by Crippen LogP contribution is -2.39. The molecule has 0 aliphatic carbocycles. The molecule has 32 heavy (non-hydrogen) atoms. The Balaban J connectivity index is 1.81. The number of aliphatic carboxylic acids is 1. The van der Waals surface area contributed by atoms with Gasteiger partial charge in [0, 0.05) is 17.8 Å². The number of benzene rings is 2. The lowest BCUT2D eigenvalue weighted by molar-refractivity contribution is -0.143. The van der Waals surface area contributed by atoms with Crippen LogP contribution in [-0.2, 0) is 4.79 Å². The third kappa shape index (κ3) is 4.21. The fraction of sp³-hybridized carbons (Fsp3) is 0.360. The van der Waals surface area contributed by atoms with Crippen molar-refractivity contribution in [2.75, 3.05) is 34.4 Å². The maximum Gasteiger partial charge on any atom is 0.306 e. The van der Waals surface area contributed by atoms with Gasteiger partial charge >= 0.3 is 5.97 Å². The number of likely N-dealkylation sites (tertiary alicyclic amines) is 1. The van der Waals surface area contributed by atoms with E-state index < -0.39 is 5.97 Å². The third-order valence-corrected chi connectivity index (χ3v) is 6.23. The van der Waals surface area contributed by atoms with Gasteiger partial charge < -0.3 is 19.3 Å². The van der Waals surface area contributed by atoms with Gasteiger partial charge in [0.25, 0.3) is 0 Å². The highest BCUT2D eigenvalue weighted by Gasteiger charge is 2.31. The van der Waals surface area contributed by atoms with Crippen LogP contribution in [0.25, 0.3) is 10.8 Å². The topological polar surface area (TPSA) is 81.1 Å². The number of carbonyl (C=O) groups is 1. The molecule has 1 N–H and O–H groups in total. The first-order valence-electron chi connectivity index (χ1n) is 10.7. The Morgan fingerprint density at radius 2 is 1.66 bits per heavy atom. The zero-order chi connectivity index (χ0) is 22.7.